The van der Waals surface area contributed by atoms with Crippen LogP contribution in [0.2, 0.25) is 10.0 Å². The summed E-state index contributed by atoms with van der Waals surface area (Å²) in [6.45, 7) is 8.64. The number of anilines is 1. The Kier molecular flexibility index (Phi) is 10.9. The van der Waals surface area contributed by atoms with Gasteiger partial charge in [0, 0.05) is 22.1 Å². The van der Waals surface area contributed by atoms with E-state index in [9.17, 15) is 18.0 Å². The van der Waals surface area contributed by atoms with Crippen LogP contribution < -0.4 is 14.4 Å². The van der Waals surface area contributed by atoms with Crippen molar-refractivity contribution in [2.45, 2.75) is 64.1 Å². The highest BCUT2D eigenvalue weighted by Crippen LogP contribution is 2.30. The number of sulfonamides is 1. The van der Waals surface area contributed by atoms with Crippen LogP contribution in [0, 0.1) is 6.92 Å². The van der Waals surface area contributed by atoms with E-state index in [1.54, 1.807) is 37.3 Å². The van der Waals surface area contributed by atoms with Gasteiger partial charge >= 0.3 is 0 Å². The molecule has 3 rings (SSSR count). The van der Waals surface area contributed by atoms with Crippen molar-refractivity contribution < 1.29 is 22.7 Å². The Balaban J connectivity index is 2.11. The second-order valence-electron chi connectivity index (χ2n) is 11.0. The summed E-state index contributed by atoms with van der Waals surface area (Å²) in [4.78, 5) is 29.0. The third-order valence-corrected chi connectivity index (χ3v) is 8.62. The van der Waals surface area contributed by atoms with Gasteiger partial charge in [-0.2, -0.15) is 0 Å². The Morgan fingerprint density at radius 1 is 0.976 bits per heavy atom. The molecule has 226 valence electrons. The van der Waals surface area contributed by atoms with Gasteiger partial charge in [-0.25, -0.2) is 8.42 Å². The van der Waals surface area contributed by atoms with Crippen molar-refractivity contribution in [2.24, 2.45) is 0 Å². The zero-order chi connectivity index (χ0) is 31.2. The summed E-state index contributed by atoms with van der Waals surface area (Å²) in [5, 5.41) is 3.36. The van der Waals surface area contributed by atoms with Crippen molar-refractivity contribution in [1.29, 1.82) is 0 Å². The van der Waals surface area contributed by atoms with Crippen molar-refractivity contribution in [3.8, 4) is 5.75 Å². The molecule has 0 bridgehead atoms. The minimum Gasteiger partial charge on any atom is -0.497 e. The topological polar surface area (TPSA) is 96.0 Å². The molecule has 1 atom stereocenters. The lowest BCUT2D eigenvalue weighted by molar-refractivity contribution is -0.141. The number of rotatable bonds is 11. The van der Waals surface area contributed by atoms with Crippen LogP contribution in [0.4, 0.5) is 5.69 Å². The van der Waals surface area contributed by atoms with E-state index in [0.717, 1.165) is 9.87 Å². The van der Waals surface area contributed by atoms with Crippen LogP contribution in [0.25, 0.3) is 0 Å². The van der Waals surface area contributed by atoms with Crippen LogP contribution in [-0.4, -0.2) is 50.4 Å². The van der Waals surface area contributed by atoms with Crippen LogP contribution in [0.5, 0.6) is 5.75 Å². The van der Waals surface area contributed by atoms with E-state index in [0.29, 0.717) is 17.7 Å². The standard InChI is InChI=1S/C31H37Cl2N3O5S/c1-7-28(30(38)34-31(3,4)5)35(19-22-9-8-10-26(15-22)41-6)29(37)20-36(25-17-23(32)16-24(33)18-25)42(39,40)27-13-11-21(2)12-14-27/h8-18,28H,7,19-20H2,1-6H3,(H,34,38)/t28-/m0/s1. The van der Waals surface area contributed by atoms with Gasteiger partial charge in [0.15, 0.2) is 0 Å². The molecular formula is C31H37Cl2N3O5S. The first-order valence-electron chi connectivity index (χ1n) is 13.4. The van der Waals surface area contributed by atoms with E-state index < -0.39 is 34.1 Å². The lowest BCUT2D eigenvalue weighted by Crippen LogP contribution is -2.55. The molecule has 0 saturated heterocycles. The fourth-order valence-electron chi connectivity index (χ4n) is 4.39. The molecule has 11 heteroatoms. The number of carbonyl (C=O) groups excluding carboxylic acids is 2. The quantitative estimate of drug-likeness (QED) is 0.270. The van der Waals surface area contributed by atoms with E-state index >= 15 is 0 Å². The number of nitrogens with one attached hydrogen (secondary N) is 1. The summed E-state index contributed by atoms with van der Waals surface area (Å²) in [6, 6.07) is 16.9. The van der Waals surface area contributed by atoms with Gasteiger partial charge in [0.2, 0.25) is 11.8 Å². The molecule has 3 aromatic rings. The average Bonchev–Trinajstić information content (AvgIpc) is 2.90. The minimum atomic E-state index is -4.25. The molecule has 0 aliphatic carbocycles. The zero-order valence-corrected chi connectivity index (χ0v) is 27.0. The van der Waals surface area contributed by atoms with Gasteiger partial charge in [0.1, 0.15) is 18.3 Å². The number of carbonyl (C=O) groups is 2. The van der Waals surface area contributed by atoms with Gasteiger partial charge in [-0.05, 0) is 82.1 Å². The number of halogens is 2. The lowest BCUT2D eigenvalue weighted by atomic mass is 10.1. The van der Waals surface area contributed by atoms with Crippen LogP contribution in [0.3, 0.4) is 0 Å². The van der Waals surface area contributed by atoms with Gasteiger partial charge in [-0.3, -0.25) is 13.9 Å². The number of benzene rings is 3. The first kappa shape index (κ1) is 33.2. The molecule has 2 amide bonds. The summed E-state index contributed by atoms with van der Waals surface area (Å²) in [6.07, 6.45) is 0.297. The molecular weight excluding hydrogens is 597 g/mol. The number of hydrogen-bond acceptors (Lipinski definition) is 5. The normalized spacial score (nSPS) is 12.4. The highest BCUT2D eigenvalue weighted by molar-refractivity contribution is 7.92. The Labute approximate surface area is 258 Å². The maximum atomic E-state index is 14.2. The molecule has 0 fully saturated rings. The molecule has 42 heavy (non-hydrogen) atoms. The lowest BCUT2D eigenvalue weighted by Gasteiger charge is -2.35. The molecule has 0 aliphatic heterocycles. The number of ether oxygens (including phenoxy) is 1. The number of aryl methyl sites for hydroxylation is 1. The van der Waals surface area contributed by atoms with Crippen LogP contribution >= 0.6 is 23.2 Å². The third kappa shape index (κ3) is 8.63. The van der Waals surface area contributed by atoms with E-state index in [4.69, 9.17) is 27.9 Å². The SMILES string of the molecule is CC[C@@H](C(=O)NC(C)(C)C)N(Cc1cccc(OC)c1)C(=O)CN(c1cc(Cl)cc(Cl)c1)S(=O)(=O)c1ccc(C)cc1. The largest absolute Gasteiger partial charge is 0.497 e. The Hall–Kier alpha value is -3.27. The van der Waals surface area contributed by atoms with Gasteiger partial charge in [0.25, 0.3) is 10.0 Å². The number of hydrogen-bond donors (Lipinski definition) is 1. The summed E-state index contributed by atoms with van der Waals surface area (Å²) in [5.74, 6) is -0.343. The van der Waals surface area contributed by atoms with E-state index in [1.807, 2.05) is 33.8 Å². The highest BCUT2D eigenvalue weighted by Gasteiger charge is 2.35. The molecule has 0 radical (unpaired) electrons. The molecule has 0 unspecified atom stereocenters. The molecule has 0 saturated carbocycles. The predicted octanol–water partition coefficient (Wildman–Crippen LogP) is 6.23. The van der Waals surface area contributed by atoms with Crippen molar-refractivity contribution in [2.75, 3.05) is 18.0 Å². The van der Waals surface area contributed by atoms with E-state index in [1.165, 1.54) is 42.3 Å². The number of amides is 2. The molecule has 3 aromatic carbocycles. The summed E-state index contributed by atoms with van der Waals surface area (Å²) in [7, 11) is -2.71. The zero-order valence-electron chi connectivity index (χ0n) is 24.6. The summed E-state index contributed by atoms with van der Waals surface area (Å²) >= 11 is 12.5. The Bertz CT molecular complexity index is 1500. The first-order chi connectivity index (χ1) is 19.6. The average molecular weight is 635 g/mol. The van der Waals surface area contributed by atoms with Gasteiger partial charge < -0.3 is 15.0 Å². The Morgan fingerprint density at radius 3 is 2.14 bits per heavy atom. The fraction of sp³-hybridized carbons (Fsp3) is 0.355. The van der Waals surface area contributed by atoms with Crippen LogP contribution in [0.15, 0.2) is 71.6 Å². The monoisotopic (exact) mass is 633 g/mol. The predicted molar refractivity (Wildman–Crippen MR) is 168 cm³/mol. The molecule has 0 aliphatic rings. The molecule has 0 heterocycles. The van der Waals surface area contributed by atoms with Gasteiger partial charge in [0.05, 0.1) is 17.7 Å². The summed E-state index contributed by atoms with van der Waals surface area (Å²) in [5.41, 5.74) is 1.16. The molecule has 1 N–H and O–H groups in total. The summed E-state index contributed by atoms with van der Waals surface area (Å²) < 4.78 is 34.3. The fourth-order valence-corrected chi connectivity index (χ4v) is 6.30. The maximum absolute atomic E-state index is 14.2. The van der Waals surface area contributed by atoms with Crippen molar-refractivity contribution >= 4 is 50.7 Å². The van der Waals surface area contributed by atoms with Crippen molar-refractivity contribution in [3.63, 3.8) is 0 Å². The van der Waals surface area contributed by atoms with E-state index in [-0.39, 0.29) is 33.1 Å². The maximum Gasteiger partial charge on any atom is 0.264 e. The second-order valence-corrected chi connectivity index (χ2v) is 13.7. The van der Waals surface area contributed by atoms with Crippen LogP contribution in [0.1, 0.15) is 45.2 Å². The first-order valence-corrected chi connectivity index (χ1v) is 15.6. The van der Waals surface area contributed by atoms with Crippen LogP contribution in [-0.2, 0) is 26.2 Å². The van der Waals surface area contributed by atoms with Gasteiger partial charge in [-0.15, -0.1) is 0 Å². The minimum absolute atomic E-state index is 0.00568. The second kappa shape index (κ2) is 13.8. The van der Waals surface area contributed by atoms with E-state index in [2.05, 4.69) is 5.32 Å². The highest BCUT2D eigenvalue weighted by atomic mass is 35.5. The molecule has 0 spiro atoms. The number of nitrogens with zero attached hydrogens (tertiary/aromatic N) is 2. The number of methoxy groups -OCH3 is 1. The smallest absolute Gasteiger partial charge is 0.264 e. The Morgan fingerprint density at radius 2 is 1.60 bits per heavy atom. The third-order valence-electron chi connectivity index (χ3n) is 6.39. The molecule has 0 aromatic heterocycles. The van der Waals surface area contributed by atoms with Crippen molar-refractivity contribution in [1.82, 2.24) is 10.2 Å². The van der Waals surface area contributed by atoms with Crippen molar-refractivity contribution in [3.05, 3.63) is 87.9 Å². The van der Waals surface area contributed by atoms with Gasteiger partial charge in [-0.1, -0.05) is 60.0 Å². The molecule has 8 nitrogen and oxygen atoms in total.